The molecule has 0 amide bonds. The minimum absolute atomic E-state index is 0. The summed E-state index contributed by atoms with van der Waals surface area (Å²) >= 11 is 6.05. The maximum atomic E-state index is 6.05. The summed E-state index contributed by atoms with van der Waals surface area (Å²) in [6, 6.07) is 6.35. The zero-order valence-corrected chi connectivity index (χ0v) is 12.8. The summed E-state index contributed by atoms with van der Waals surface area (Å²) in [7, 11) is 0. The second-order valence-electron chi connectivity index (χ2n) is 5.61. The minimum Gasteiger partial charge on any atom is -0.316 e. The Bertz CT molecular complexity index is 417. The Morgan fingerprint density at radius 2 is 2.21 bits per heavy atom. The van der Waals surface area contributed by atoms with Gasteiger partial charge in [0.2, 0.25) is 0 Å². The Kier molecular flexibility index (Phi) is 5.52. The van der Waals surface area contributed by atoms with Crippen molar-refractivity contribution >= 4 is 24.0 Å². The summed E-state index contributed by atoms with van der Waals surface area (Å²) in [5.41, 5.74) is 2.91. The molecule has 106 valence electrons. The van der Waals surface area contributed by atoms with Gasteiger partial charge in [0, 0.05) is 24.7 Å². The van der Waals surface area contributed by atoms with E-state index in [0.717, 1.165) is 23.9 Å². The van der Waals surface area contributed by atoms with Gasteiger partial charge in [-0.1, -0.05) is 17.7 Å². The Balaban J connectivity index is 0.00000133. The molecule has 1 unspecified atom stereocenters. The van der Waals surface area contributed by atoms with Crippen molar-refractivity contribution in [2.24, 2.45) is 5.92 Å². The van der Waals surface area contributed by atoms with Crippen LogP contribution in [0.15, 0.2) is 18.2 Å². The van der Waals surface area contributed by atoms with Crippen LogP contribution in [0.5, 0.6) is 0 Å². The number of hydrogen-bond acceptors (Lipinski definition) is 2. The number of nitrogens with one attached hydrogen (secondary N) is 1. The second-order valence-corrected chi connectivity index (χ2v) is 6.05. The maximum Gasteiger partial charge on any atom is 0.0408 e. The van der Waals surface area contributed by atoms with E-state index in [4.69, 9.17) is 11.6 Å². The van der Waals surface area contributed by atoms with Gasteiger partial charge in [-0.25, -0.2) is 0 Å². The summed E-state index contributed by atoms with van der Waals surface area (Å²) < 4.78 is 0. The zero-order valence-electron chi connectivity index (χ0n) is 11.2. The van der Waals surface area contributed by atoms with Gasteiger partial charge in [0.1, 0.15) is 0 Å². The topological polar surface area (TPSA) is 15.3 Å². The lowest BCUT2D eigenvalue weighted by molar-refractivity contribution is 0.194. The van der Waals surface area contributed by atoms with Gasteiger partial charge in [0.05, 0.1) is 0 Å². The van der Waals surface area contributed by atoms with E-state index >= 15 is 0 Å². The van der Waals surface area contributed by atoms with Crippen molar-refractivity contribution < 1.29 is 0 Å². The van der Waals surface area contributed by atoms with Crippen LogP contribution in [0.4, 0.5) is 0 Å². The smallest absolute Gasteiger partial charge is 0.0408 e. The van der Waals surface area contributed by atoms with Gasteiger partial charge in [0.15, 0.2) is 0 Å². The highest BCUT2D eigenvalue weighted by molar-refractivity contribution is 6.30. The highest BCUT2D eigenvalue weighted by Crippen LogP contribution is 2.24. The first kappa shape index (κ1) is 15.1. The predicted octanol–water partition coefficient (Wildman–Crippen LogP) is 3.12. The van der Waals surface area contributed by atoms with E-state index in [1.807, 2.05) is 6.07 Å². The predicted molar refractivity (Wildman–Crippen MR) is 83.3 cm³/mol. The van der Waals surface area contributed by atoms with Crippen molar-refractivity contribution in [3.8, 4) is 0 Å². The molecule has 2 nitrogen and oxygen atoms in total. The second kappa shape index (κ2) is 6.94. The first-order valence-electron chi connectivity index (χ1n) is 7.01. The van der Waals surface area contributed by atoms with Crippen molar-refractivity contribution in [2.45, 2.75) is 25.8 Å². The molecule has 1 fully saturated rings. The maximum absolute atomic E-state index is 6.05. The van der Waals surface area contributed by atoms with Crippen molar-refractivity contribution in [3.05, 3.63) is 34.3 Å². The molecule has 1 N–H and O–H groups in total. The average molecular weight is 301 g/mol. The van der Waals surface area contributed by atoms with Gasteiger partial charge in [-0.05, 0) is 61.5 Å². The van der Waals surface area contributed by atoms with E-state index in [9.17, 15) is 0 Å². The van der Waals surface area contributed by atoms with Crippen molar-refractivity contribution in [1.82, 2.24) is 10.2 Å². The number of rotatable bonds is 2. The normalized spacial score (nSPS) is 23.5. The SMILES string of the molecule is Cl.Clc1ccc2c(c1)CCN(CC1CCCNC1)C2. The summed E-state index contributed by atoms with van der Waals surface area (Å²) in [5.74, 6) is 0.840. The molecule has 1 aromatic carbocycles. The number of fused-ring (bicyclic) bond motifs is 1. The van der Waals surface area contributed by atoms with Crippen LogP contribution < -0.4 is 5.32 Å². The van der Waals surface area contributed by atoms with Crippen LogP contribution in [-0.2, 0) is 13.0 Å². The molecular weight excluding hydrogens is 279 g/mol. The third-order valence-electron chi connectivity index (χ3n) is 4.17. The van der Waals surface area contributed by atoms with Crippen LogP contribution in [0.25, 0.3) is 0 Å². The Morgan fingerprint density at radius 1 is 1.32 bits per heavy atom. The van der Waals surface area contributed by atoms with Gasteiger partial charge < -0.3 is 5.32 Å². The Hall–Kier alpha value is -0.280. The van der Waals surface area contributed by atoms with Gasteiger partial charge in [-0.3, -0.25) is 4.90 Å². The number of hydrogen-bond donors (Lipinski definition) is 1. The highest BCUT2D eigenvalue weighted by Gasteiger charge is 2.21. The standard InChI is InChI=1S/C15H21ClN2.ClH/c16-15-4-3-14-11-18(7-5-13(14)8-15)10-12-2-1-6-17-9-12;/h3-4,8,12,17H,1-2,5-7,9-11H2;1H. The van der Waals surface area contributed by atoms with Crippen LogP contribution in [0.2, 0.25) is 5.02 Å². The van der Waals surface area contributed by atoms with Gasteiger partial charge >= 0.3 is 0 Å². The average Bonchev–Trinajstić information content (AvgIpc) is 2.40. The largest absolute Gasteiger partial charge is 0.316 e. The fraction of sp³-hybridized carbons (Fsp3) is 0.600. The number of benzene rings is 1. The molecular formula is C15H22Cl2N2. The Labute approximate surface area is 126 Å². The number of halogens is 2. The van der Waals surface area contributed by atoms with Crippen LogP contribution in [0.1, 0.15) is 24.0 Å². The van der Waals surface area contributed by atoms with E-state index in [1.54, 1.807) is 0 Å². The van der Waals surface area contributed by atoms with E-state index in [1.165, 1.54) is 50.1 Å². The quantitative estimate of drug-likeness (QED) is 0.903. The van der Waals surface area contributed by atoms with Crippen molar-refractivity contribution in [1.29, 1.82) is 0 Å². The summed E-state index contributed by atoms with van der Waals surface area (Å²) in [6.07, 6.45) is 3.87. The van der Waals surface area contributed by atoms with Crippen molar-refractivity contribution in [2.75, 3.05) is 26.2 Å². The molecule has 0 bridgehead atoms. The lowest BCUT2D eigenvalue weighted by Gasteiger charge is -2.33. The molecule has 2 aliphatic heterocycles. The van der Waals surface area contributed by atoms with Gasteiger partial charge in [-0.2, -0.15) is 0 Å². The molecule has 0 spiro atoms. The molecule has 0 aromatic heterocycles. The minimum atomic E-state index is 0. The molecule has 1 aromatic rings. The number of piperidine rings is 1. The third kappa shape index (κ3) is 3.85. The monoisotopic (exact) mass is 300 g/mol. The van der Waals surface area contributed by atoms with E-state index in [0.29, 0.717) is 0 Å². The molecule has 2 heterocycles. The fourth-order valence-electron chi connectivity index (χ4n) is 3.18. The van der Waals surface area contributed by atoms with E-state index in [2.05, 4.69) is 22.3 Å². The molecule has 19 heavy (non-hydrogen) atoms. The fourth-order valence-corrected chi connectivity index (χ4v) is 3.38. The van der Waals surface area contributed by atoms with Crippen molar-refractivity contribution in [3.63, 3.8) is 0 Å². The van der Waals surface area contributed by atoms with Crippen LogP contribution in [0.3, 0.4) is 0 Å². The lowest BCUT2D eigenvalue weighted by atomic mass is 9.95. The summed E-state index contributed by atoms with van der Waals surface area (Å²) in [5, 5.41) is 4.38. The third-order valence-corrected chi connectivity index (χ3v) is 4.41. The van der Waals surface area contributed by atoms with Crippen LogP contribution in [-0.4, -0.2) is 31.1 Å². The molecule has 0 radical (unpaired) electrons. The van der Waals surface area contributed by atoms with Gasteiger partial charge in [0.25, 0.3) is 0 Å². The summed E-state index contributed by atoms with van der Waals surface area (Å²) in [6.45, 7) is 5.93. The molecule has 2 aliphatic rings. The molecule has 0 aliphatic carbocycles. The molecule has 1 saturated heterocycles. The summed E-state index contributed by atoms with van der Waals surface area (Å²) in [4.78, 5) is 2.61. The van der Waals surface area contributed by atoms with Crippen LogP contribution in [0, 0.1) is 5.92 Å². The van der Waals surface area contributed by atoms with E-state index < -0.39 is 0 Å². The highest BCUT2D eigenvalue weighted by atomic mass is 35.5. The Morgan fingerprint density at radius 3 is 3.00 bits per heavy atom. The van der Waals surface area contributed by atoms with E-state index in [-0.39, 0.29) is 12.4 Å². The lowest BCUT2D eigenvalue weighted by Crippen LogP contribution is -2.40. The molecule has 1 atom stereocenters. The zero-order chi connectivity index (χ0) is 12.4. The molecule has 3 rings (SSSR count). The van der Waals surface area contributed by atoms with Gasteiger partial charge in [-0.15, -0.1) is 12.4 Å². The molecule has 0 saturated carbocycles. The first-order chi connectivity index (χ1) is 8.81. The number of nitrogens with zero attached hydrogens (tertiary/aromatic N) is 1. The first-order valence-corrected chi connectivity index (χ1v) is 7.39. The molecule has 4 heteroatoms. The van der Waals surface area contributed by atoms with Crippen LogP contribution >= 0.6 is 24.0 Å².